The van der Waals surface area contributed by atoms with Gasteiger partial charge in [-0.05, 0) is 53.8 Å². The highest BCUT2D eigenvalue weighted by Crippen LogP contribution is 2.17. The summed E-state index contributed by atoms with van der Waals surface area (Å²) in [6.45, 7) is 1.15. The summed E-state index contributed by atoms with van der Waals surface area (Å²) in [5.74, 6) is -1.26. The van der Waals surface area contributed by atoms with Crippen LogP contribution < -0.4 is 11.2 Å². The Morgan fingerprint density at radius 2 is 1.84 bits per heavy atom. The van der Waals surface area contributed by atoms with E-state index in [0.29, 0.717) is 5.69 Å². The molecule has 0 bridgehead atoms. The van der Waals surface area contributed by atoms with Gasteiger partial charge in [-0.3, -0.25) is 14.6 Å². The van der Waals surface area contributed by atoms with Crippen molar-refractivity contribution in [3.8, 4) is 11.6 Å². The van der Waals surface area contributed by atoms with Gasteiger partial charge in [-0.1, -0.05) is 0 Å². The standard InChI is InChI=1S/C12H9IN2O4/c1-6(16)9-10(17)14-12(19)15(11(9)18)8-4-2-7(13)3-5-8/h2-5,18H,1H3,(H,14,17,19). The summed E-state index contributed by atoms with van der Waals surface area (Å²) >= 11 is 2.09. The highest BCUT2D eigenvalue weighted by molar-refractivity contribution is 14.1. The lowest BCUT2D eigenvalue weighted by molar-refractivity contribution is 0.101. The number of Topliss-reactive ketones (excluding diaryl/α,β-unsaturated/α-hetero) is 1. The molecule has 0 saturated heterocycles. The van der Waals surface area contributed by atoms with Gasteiger partial charge in [0.2, 0.25) is 5.88 Å². The van der Waals surface area contributed by atoms with Crippen molar-refractivity contribution in [3.05, 3.63) is 54.2 Å². The van der Waals surface area contributed by atoms with Gasteiger partial charge >= 0.3 is 5.69 Å². The Labute approximate surface area is 120 Å². The van der Waals surface area contributed by atoms with Gasteiger partial charge in [-0.15, -0.1) is 0 Å². The van der Waals surface area contributed by atoms with Crippen molar-refractivity contribution in [2.45, 2.75) is 6.92 Å². The number of aromatic amines is 1. The van der Waals surface area contributed by atoms with Crippen molar-refractivity contribution in [1.29, 1.82) is 0 Å². The maximum atomic E-state index is 11.8. The van der Waals surface area contributed by atoms with E-state index in [1.54, 1.807) is 24.3 Å². The zero-order chi connectivity index (χ0) is 14.2. The molecule has 19 heavy (non-hydrogen) atoms. The van der Waals surface area contributed by atoms with Gasteiger partial charge in [-0.25, -0.2) is 9.36 Å². The Morgan fingerprint density at radius 3 is 2.37 bits per heavy atom. The van der Waals surface area contributed by atoms with Crippen LogP contribution in [0.3, 0.4) is 0 Å². The van der Waals surface area contributed by atoms with Crippen molar-refractivity contribution in [3.63, 3.8) is 0 Å². The number of halogens is 1. The number of carbonyl (C=O) groups is 1. The summed E-state index contributed by atoms with van der Waals surface area (Å²) in [7, 11) is 0. The fraction of sp³-hybridized carbons (Fsp3) is 0.0833. The molecule has 98 valence electrons. The Hall–Kier alpha value is -1.90. The summed E-state index contributed by atoms with van der Waals surface area (Å²) in [6, 6.07) is 6.68. The molecule has 6 nitrogen and oxygen atoms in total. The first-order valence-electron chi connectivity index (χ1n) is 5.27. The Balaban J connectivity index is 2.81. The summed E-state index contributed by atoms with van der Waals surface area (Å²) in [5.41, 5.74) is -1.76. The molecule has 0 aliphatic heterocycles. The number of ketones is 1. The quantitative estimate of drug-likeness (QED) is 0.609. The van der Waals surface area contributed by atoms with E-state index in [2.05, 4.69) is 22.6 Å². The van der Waals surface area contributed by atoms with Crippen molar-refractivity contribution in [2.24, 2.45) is 0 Å². The van der Waals surface area contributed by atoms with Gasteiger partial charge in [0.05, 0.1) is 5.69 Å². The lowest BCUT2D eigenvalue weighted by Gasteiger charge is -2.09. The second-order valence-electron chi connectivity index (χ2n) is 3.83. The van der Waals surface area contributed by atoms with Gasteiger partial charge in [-0.2, -0.15) is 0 Å². The molecule has 0 unspecified atom stereocenters. The monoisotopic (exact) mass is 372 g/mol. The number of hydrogen-bond acceptors (Lipinski definition) is 4. The summed E-state index contributed by atoms with van der Waals surface area (Å²) in [6.07, 6.45) is 0. The summed E-state index contributed by atoms with van der Waals surface area (Å²) in [5, 5.41) is 9.96. The minimum Gasteiger partial charge on any atom is -0.493 e. The number of nitrogens with zero attached hydrogens (tertiary/aromatic N) is 1. The second kappa shape index (κ2) is 5.00. The molecular weight excluding hydrogens is 363 g/mol. The number of hydrogen-bond donors (Lipinski definition) is 2. The first-order valence-corrected chi connectivity index (χ1v) is 6.35. The number of rotatable bonds is 2. The van der Waals surface area contributed by atoms with Gasteiger partial charge < -0.3 is 5.11 Å². The van der Waals surface area contributed by atoms with Gasteiger partial charge in [0.15, 0.2) is 5.78 Å². The molecular formula is C12H9IN2O4. The summed E-state index contributed by atoms with van der Waals surface area (Å²) < 4.78 is 1.83. The van der Waals surface area contributed by atoms with Gasteiger partial charge in [0, 0.05) is 3.57 Å². The molecule has 0 fully saturated rings. The zero-order valence-electron chi connectivity index (χ0n) is 9.81. The third-order valence-corrected chi connectivity index (χ3v) is 3.24. The lowest BCUT2D eigenvalue weighted by Crippen LogP contribution is -2.32. The number of carbonyl (C=O) groups excluding carboxylic acids is 1. The maximum absolute atomic E-state index is 11.8. The molecule has 1 heterocycles. The molecule has 2 rings (SSSR count). The molecule has 0 amide bonds. The average Bonchev–Trinajstić information content (AvgIpc) is 2.30. The fourth-order valence-corrected chi connectivity index (χ4v) is 2.03. The van der Waals surface area contributed by atoms with E-state index in [-0.39, 0.29) is 0 Å². The normalized spacial score (nSPS) is 10.4. The number of H-pyrrole nitrogens is 1. The predicted octanol–water partition coefficient (Wildman–Crippen LogP) is 1.04. The second-order valence-corrected chi connectivity index (χ2v) is 5.07. The van der Waals surface area contributed by atoms with Crippen molar-refractivity contribution >= 4 is 28.4 Å². The highest BCUT2D eigenvalue weighted by atomic mass is 127. The van der Waals surface area contributed by atoms with Crippen LogP contribution in [-0.2, 0) is 0 Å². The van der Waals surface area contributed by atoms with Crippen molar-refractivity contribution in [2.75, 3.05) is 0 Å². The Morgan fingerprint density at radius 1 is 1.26 bits per heavy atom. The molecule has 0 atom stereocenters. The molecule has 0 aliphatic rings. The largest absolute Gasteiger partial charge is 0.493 e. The molecule has 0 spiro atoms. The van der Waals surface area contributed by atoms with E-state index in [1.807, 2.05) is 4.98 Å². The van der Waals surface area contributed by atoms with Crippen LogP contribution in [0.15, 0.2) is 33.9 Å². The van der Waals surface area contributed by atoms with E-state index in [4.69, 9.17) is 0 Å². The first kappa shape index (κ1) is 13.5. The van der Waals surface area contributed by atoms with E-state index >= 15 is 0 Å². The Bertz CT molecular complexity index is 759. The zero-order valence-corrected chi connectivity index (χ0v) is 12.0. The van der Waals surface area contributed by atoms with Gasteiger partial charge in [0.25, 0.3) is 5.56 Å². The van der Waals surface area contributed by atoms with Crippen molar-refractivity contribution in [1.82, 2.24) is 9.55 Å². The minimum atomic E-state index is -0.892. The van der Waals surface area contributed by atoms with E-state index < -0.39 is 28.5 Å². The van der Waals surface area contributed by atoms with E-state index in [9.17, 15) is 19.5 Å². The number of aromatic hydroxyl groups is 1. The molecule has 0 aliphatic carbocycles. The molecule has 1 aromatic heterocycles. The minimum absolute atomic E-state index is 0.363. The smallest absolute Gasteiger partial charge is 0.335 e. The SMILES string of the molecule is CC(=O)c1c(O)n(-c2ccc(I)cc2)c(=O)[nH]c1=O. The van der Waals surface area contributed by atoms with E-state index in [1.165, 1.54) is 0 Å². The van der Waals surface area contributed by atoms with Crippen LogP contribution >= 0.6 is 22.6 Å². The van der Waals surface area contributed by atoms with Crippen LogP contribution in [0.2, 0.25) is 0 Å². The lowest BCUT2D eigenvalue weighted by atomic mass is 10.2. The fourth-order valence-electron chi connectivity index (χ4n) is 1.67. The molecule has 7 heteroatoms. The average molecular weight is 372 g/mol. The van der Waals surface area contributed by atoms with Crippen LogP contribution in [0.4, 0.5) is 0 Å². The van der Waals surface area contributed by atoms with Crippen LogP contribution in [-0.4, -0.2) is 20.4 Å². The molecule has 1 aromatic carbocycles. The van der Waals surface area contributed by atoms with Gasteiger partial charge in [0.1, 0.15) is 5.56 Å². The van der Waals surface area contributed by atoms with E-state index in [0.717, 1.165) is 15.1 Å². The third-order valence-electron chi connectivity index (χ3n) is 2.52. The summed E-state index contributed by atoms with van der Waals surface area (Å²) in [4.78, 5) is 36.6. The van der Waals surface area contributed by atoms with Crippen LogP contribution in [0.25, 0.3) is 5.69 Å². The molecule has 0 saturated carbocycles. The highest BCUT2D eigenvalue weighted by Gasteiger charge is 2.18. The first-order chi connectivity index (χ1) is 8.91. The van der Waals surface area contributed by atoms with Crippen LogP contribution in [0, 0.1) is 3.57 Å². The maximum Gasteiger partial charge on any atom is 0.335 e. The predicted molar refractivity (Wildman–Crippen MR) is 77.0 cm³/mol. The number of nitrogens with one attached hydrogen (secondary N) is 1. The Kier molecular flexibility index (Phi) is 3.56. The van der Waals surface area contributed by atoms with Crippen LogP contribution in [0.5, 0.6) is 5.88 Å². The van der Waals surface area contributed by atoms with Crippen LogP contribution in [0.1, 0.15) is 17.3 Å². The molecule has 0 radical (unpaired) electrons. The number of benzene rings is 1. The molecule has 2 N–H and O–H groups in total. The number of aromatic nitrogens is 2. The topological polar surface area (TPSA) is 92.2 Å². The van der Waals surface area contributed by atoms with Crippen molar-refractivity contribution < 1.29 is 9.90 Å². The molecule has 2 aromatic rings. The third kappa shape index (κ3) is 2.46.